The first-order chi connectivity index (χ1) is 4.34. The summed E-state index contributed by atoms with van der Waals surface area (Å²) in [5.41, 5.74) is 0. The zero-order chi connectivity index (χ0) is 6.69. The molecule has 1 saturated heterocycles. The quantitative estimate of drug-likeness (QED) is 0.555. The number of likely N-dealkylation sites (tertiary alicyclic amines) is 1. The topological polar surface area (TPSA) is 40.5 Å². The molecular formula is C6H14AsNO2. The van der Waals surface area contributed by atoms with E-state index in [9.17, 15) is 4.79 Å². The number of aliphatic hydroxyl groups is 1. The van der Waals surface area contributed by atoms with E-state index in [-0.39, 0.29) is 30.5 Å². The van der Waals surface area contributed by atoms with E-state index in [1.165, 1.54) is 0 Å². The zero-order valence-corrected chi connectivity index (χ0v) is 9.01. The van der Waals surface area contributed by atoms with E-state index < -0.39 is 0 Å². The Bertz CT molecular complexity index is 118. The van der Waals surface area contributed by atoms with Crippen molar-refractivity contribution in [2.45, 2.75) is 12.8 Å². The Morgan fingerprint density at radius 2 is 2.30 bits per heavy atom. The fourth-order valence-corrected chi connectivity index (χ4v) is 1.06. The molecule has 0 aromatic rings. The minimum atomic E-state index is 0. The van der Waals surface area contributed by atoms with Crippen molar-refractivity contribution in [1.29, 1.82) is 0 Å². The van der Waals surface area contributed by atoms with Crippen LogP contribution in [0.15, 0.2) is 0 Å². The standard InChI is InChI=1S/C6H11NO2.AsH3/c8-5-4-7-3-1-2-6(7)9;/h8H,1-5H2;1H3. The number of aliphatic hydroxyl groups excluding tert-OH is 1. The molecule has 1 unspecified atom stereocenters. The molecule has 1 N–H and O–H groups in total. The summed E-state index contributed by atoms with van der Waals surface area (Å²) in [6, 6.07) is 0. The maximum absolute atomic E-state index is 10.8. The molecule has 1 fully saturated rings. The predicted molar refractivity (Wildman–Crippen MR) is 42.8 cm³/mol. The van der Waals surface area contributed by atoms with Gasteiger partial charge in [0.15, 0.2) is 0 Å². The molecule has 1 atom stereocenters. The summed E-state index contributed by atoms with van der Waals surface area (Å²) in [4.78, 5) is 12.5. The van der Waals surface area contributed by atoms with Gasteiger partial charge < -0.3 is 10.0 Å². The second kappa shape index (κ2) is 4.75. The molecule has 0 aromatic carbocycles. The molecule has 0 radical (unpaired) electrons. The number of amides is 1. The van der Waals surface area contributed by atoms with Crippen LogP contribution in [0.25, 0.3) is 0 Å². The molecule has 1 heterocycles. The summed E-state index contributed by atoms with van der Waals surface area (Å²) in [7, 11) is 0. The van der Waals surface area contributed by atoms with Crippen molar-refractivity contribution in [2.75, 3.05) is 19.7 Å². The third-order valence-corrected chi connectivity index (χ3v) is 1.54. The maximum atomic E-state index is 10.8. The first kappa shape index (κ1) is 9.99. The number of hydrogen-bond acceptors (Lipinski definition) is 2. The molecule has 3 nitrogen and oxygen atoms in total. The Morgan fingerprint density at radius 3 is 2.70 bits per heavy atom. The molecule has 1 aliphatic heterocycles. The van der Waals surface area contributed by atoms with E-state index in [4.69, 9.17) is 5.11 Å². The SMILES string of the molecule is O=C1CCCN1CCO.[AsH3]. The average Bonchev–Trinajstić information content (AvgIpc) is 2.18. The van der Waals surface area contributed by atoms with Gasteiger partial charge in [0.1, 0.15) is 0 Å². The van der Waals surface area contributed by atoms with Crippen LogP contribution >= 0.6 is 0 Å². The first-order valence-corrected chi connectivity index (χ1v) is 3.23. The van der Waals surface area contributed by atoms with Crippen molar-refractivity contribution < 1.29 is 9.90 Å². The van der Waals surface area contributed by atoms with Gasteiger partial charge in [-0.25, -0.2) is 0 Å². The van der Waals surface area contributed by atoms with Gasteiger partial charge in [0.05, 0.1) is 6.61 Å². The fraction of sp³-hybridized carbons (Fsp3) is 0.833. The number of carbonyl (C=O) groups excluding carboxylic acids is 1. The molecule has 0 aliphatic carbocycles. The second-order valence-corrected chi connectivity index (χ2v) is 2.21. The van der Waals surface area contributed by atoms with E-state index in [0.29, 0.717) is 13.0 Å². The summed E-state index contributed by atoms with van der Waals surface area (Å²) >= 11 is 0. The van der Waals surface area contributed by atoms with Gasteiger partial charge in [-0.15, -0.1) is 0 Å². The van der Waals surface area contributed by atoms with E-state index in [2.05, 4.69) is 0 Å². The Hall–Kier alpha value is -0.0116. The summed E-state index contributed by atoms with van der Waals surface area (Å²) in [6.07, 6.45) is 1.62. The van der Waals surface area contributed by atoms with E-state index >= 15 is 0 Å². The Morgan fingerprint density at radius 1 is 1.60 bits per heavy atom. The molecular weight excluding hydrogens is 193 g/mol. The number of nitrogens with zero attached hydrogens (tertiary/aromatic N) is 1. The van der Waals surface area contributed by atoms with E-state index in [0.717, 1.165) is 13.0 Å². The summed E-state index contributed by atoms with van der Waals surface area (Å²) in [6.45, 7) is 1.43. The van der Waals surface area contributed by atoms with Crippen LogP contribution in [0.1, 0.15) is 12.8 Å². The number of rotatable bonds is 2. The van der Waals surface area contributed by atoms with Gasteiger partial charge in [-0.05, 0) is 6.42 Å². The zero-order valence-electron chi connectivity index (χ0n) is 6.05. The van der Waals surface area contributed by atoms with Gasteiger partial charge in [-0.1, -0.05) is 0 Å². The average molecular weight is 207 g/mol. The van der Waals surface area contributed by atoms with Gasteiger partial charge in [-0.3, -0.25) is 4.79 Å². The molecule has 60 valence electrons. The molecule has 0 saturated carbocycles. The summed E-state index contributed by atoms with van der Waals surface area (Å²) < 4.78 is 0. The van der Waals surface area contributed by atoms with E-state index in [1.54, 1.807) is 4.90 Å². The van der Waals surface area contributed by atoms with Crippen LogP contribution in [-0.4, -0.2) is 53.6 Å². The number of carbonyl (C=O) groups is 1. The molecule has 1 amide bonds. The fourth-order valence-electron chi connectivity index (χ4n) is 1.06. The Labute approximate surface area is 71.7 Å². The minimum absolute atomic E-state index is 0. The molecule has 4 heteroatoms. The van der Waals surface area contributed by atoms with Crippen LogP contribution in [0.2, 0.25) is 0 Å². The van der Waals surface area contributed by atoms with Gasteiger partial charge in [-0.2, -0.15) is 0 Å². The second-order valence-electron chi connectivity index (χ2n) is 2.21. The number of hydrogen-bond donors (Lipinski definition) is 1. The van der Waals surface area contributed by atoms with Crippen LogP contribution in [0, 0.1) is 0 Å². The van der Waals surface area contributed by atoms with Crippen LogP contribution in [0.5, 0.6) is 0 Å². The van der Waals surface area contributed by atoms with Crippen molar-refractivity contribution in [3.63, 3.8) is 0 Å². The van der Waals surface area contributed by atoms with Crippen molar-refractivity contribution >= 4 is 23.9 Å². The van der Waals surface area contributed by atoms with Crippen LogP contribution in [-0.2, 0) is 4.79 Å². The monoisotopic (exact) mass is 207 g/mol. The third-order valence-electron chi connectivity index (χ3n) is 1.54. The van der Waals surface area contributed by atoms with Crippen molar-refractivity contribution in [3.8, 4) is 0 Å². The van der Waals surface area contributed by atoms with Gasteiger partial charge in [0, 0.05) is 19.5 Å². The molecule has 1 rings (SSSR count). The van der Waals surface area contributed by atoms with Crippen molar-refractivity contribution in [1.82, 2.24) is 4.90 Å². The van der Waals surface area contributed by atoms with Gasteiger partial charge in [0.25, 0.3) is 0 Å². The van der Waals surface area contributed by atoms with E-state index in [1.807, 2.05) is 0 Å². The molecule has 0 bridgehead atoms. The van der Waals surface area contributed by atoms with Crippen LogP contribution in [0.3, 0.4) is 0 Å². The predicted octanol–water partition coefficient (Wildman–Crippen LogP) is -1.58. The molecule has 0 aromatic heterocycles. The Kier molecular flexibility index (Phi) is 4.74. The first-order valence-electron chi connectivity index (χ1n) is 3.23. The summed E-state index contributed by atoms with van der Waals surface area (Å²) in [5, 5.41) is 8.45. The molecule has 1 aliphatic rings. The molecule has 10 heavy (non-hydrogen) atoms. The van der Waals surface area contributed by atoms with Gasteiger partial charge >= 0.3 is 18.0 Å². The summed E-state index contributed by atoms with van der Waals surface area (Å²) in [5.74, 6) is 0.184. The third kappa shape index (κ3) is 2.31. The van der Waals surface area contributed by atoms with Crippen molar-refractivity contribution in [3.05, 3.63) is 0 Å². The normalized spacial score (nSPS) is 17.3. The number of β-amino-alcohol motifs (C(OH)–C–C–N with tert-alkyl or cyclic N) is 1. The van der Waals surface area contributed by atoms with Crippen LogP contribution < -0.4 is 0 Å². The Balaban J connectivity index is 0.000000810. The molecule has 0 spiro atoms. The van der Waals surface area contributed by atoms with Crippen LogP contribution in [0.4, 0.5) is 0 Å². The van der Waals surface area contributed by atoms with Gasteiger partial charge in [0.2, 0.25) is 5.91 Å². The van der Waals surface area contributed by atoms with Crippen molar-refractivity contribution in [2.24, 2.45) is 0 Å².